The topological polar surface area (TPSA) is 47.0 Å². The molecule has 0 radical (unpaired) electrons. The van der Waals surface area contributed by atoms with Crippen molar-refractivity contribution in [1.29, 1.82) is 0 Å². The SMILES string of the molecule is NC(=O)c1ccc(C[n+]2ccc(Cl)cc2)cc1. The molecule has 0 spiro atoms. The molecule has 4 heteroatoms. The van der Waals surface area contributed by atoms with Crippen LogP contribution in [-0.2, 0) is 6.54 Å². The van der Waals surface area contributed by atoms with Crippen molar-refractivity contribution in [3.8, 4) is 0 Å². The van der Waals surface area contributed by atoms with E-state index in [-0.39, 0.29) is 0 Å². The highest BCUT2D eigenvalue weighted by Gasteiger charge is 2.04. The standard InChI is InChI=1S/C13H11ClN2O/c14-12-5-7-16(8-6-12)9-10-1-3-11(4-2-10)13(15)17/h1-8H,9H2,(H-,15,17)/p+1. The molecule has 1 heterocycles. The predicted octanol–water partition coefficient (Wildman–Crippen LogP) is 1.77. The van der Waals surface area contributed by atoms with E-state index in [0.29, 0.717) is 10.6 Å². The maximum Gasteiger partial charge on any atom is 0.248 e. The third kappa shape index (κ3) is 3.04. The van der Waals surface area contributed by atoms with Gasteiger partial charge in [-0.3, -0.25) is 4.79 Å². The molecule has 1 aromatic carbocycles. The molecule has 3 nitrogen and oxygen atoms in total. The summed E-state index contributed by atoms with van der Waals surface area (Å²) in [7, 11) is 0. The molecule has 1 amide bonds. The molecular weight excluding hydrogens is 236 g/mol. The Morgan fingerprint density at radius 2 is 1.71 bits per heavy atom. The molecule has 0 atom stereocenters. The van der Waals surface area contributed by atoms with Gasteiger partial charge in [0.25, 0.3) is 0 Å². The minimum Gasteiger partial charge on any atom is -0.366 e. The summed E-state index contributed by atoms with van der Waals surface area (Å²) in [6.07, 6.45) is 3.81. The number of benzene rings is 1. The average molecular weight is 248 g/mol. The lowest BCUT2D eigenvalue weighted by Gasteiger charge is -1.99. The van der Waals surface area contributed by atoms with Gasteiger partial charge >= 0.3 is 0 Å². The normalized spacial score (nSPS) is 10.2. The number of nitrogens with zero attached hydrogens (tertiary/aromatic N) is 1. The van der Waals surface area contributed by atoms with Crippen LogP contribution in [0, 0.1) is 0 Å². The van der Waals surface area contributed by atoms with Crippen molar-refractivity contribution in [3.63, 3.8) is 0 Å². The molecule has 86 valence electrons. The van der Waals surface area contributed by atoms with Crippen molar-refractivity contribution >= 4 is 17.5 Å². The number of hydrogen-bond acceptors (Lipinski definition) is 1. The van der Waals surface area contributed by atoms with E-state index in [1.165, 1.54) is 0 Å². The monoisotopic (exact) mass is 247 g/mol. The second-order valence-electron chi connectivity index (χ2n) is 3.75. The van der Waals surface area contributed by atoms with Crippen molar-refractivity contribution in [2.75, 3.05) is 0 Å². The maximum absolute atomic E-state index is 10.9. The Kier molecular flexibility index (Phi) is 3.40. The van der Waals surface area contributed by atoms with Gasteiger partial charge in [-0.1, -0.05) is 23.7 Å². The van der Waals surface area contributed by atoms with Crippen LogP contribution >= 0.6 is 11.6 Å². The van der Waals surface area contributed by atoms with E-state index >= 15 is 0 Å². The van der Waals surface area contributed by atoms with E-state index < -0.39 is 5.91 Å². The van der Waals surface area contributed by atoms with Crippen LogP contribution in [0.1, 0.15) is 15.9 Å². The number of nitrogens with two attached hydrogens (primary N) is 1. The van der Waals surface area contributed by atoms with Gasteiger partial charge < -0.3 is 5.73 Å². The maximum atomic E-state index is 10.9. The number of hydrogen-bond donors (Lipinski definition) is 1. The lowest BCUT2D eigenvalue weighted by atomic mass is 10.1. The van der Waals surface area contributed by atoms with Crippen molar-refractivity contribution in [3.05, 3.63) is 64.9 Å². The highest BCUT2D eigenvalue weighted by atomic mass is 35.5. The van der Waals surface area contributed by atoms with E-state index in [1.807, 2.05) is 41.2 Å². The molecule has 17 heavy (non-hydrogen) atoms. The summed E-state index contributed by atoms with van der Waals surface area (Å²) in [6, 6.07) is 10.9. The summed E-state index contributed by atoms with van der Waals surface area (Å²) < 4.78 is 2.01. The summed E-state index contributed by atoms with van der Waals surface area (Å²) in [6.45, 7) is 0.732. The fraction of sp³-hybridized carbons (Fsp3) is 0.0769. The third-order valence-electron chi connectivity index (χ3n) is 2.45. The number of aromatic nitrogens is 1. The minimum atomic E-state index is -0.407. The van der Waals surface area contributed by atoms with Crippen LogP contribution < -0.4 is 10.3 Å². The molecule has 0 saturated carbocycles. The van der Waals surface area contributed by atoms with Crippen LogP contribution in [0.3, 0.4) is 0 Å². The Bertz CT molecular complexity index is 520. The first kappa shape index (κ1) is 11.6. The van der Waals surface area contributed by atoms with Crippen LogP contribution in [0.4, 0.5) is 0 Å². The number of carbonyl (C=O) groups excluding carboxylic acids is 1. The Balaban J connectivity index is 2.13. The van der Waals surface area contributed by atoms with Crippen LogP contribution in [0.25, 0.3) is 0 Å². The van der Waals surface area contributed by atoms with Crippen molar-refractivity contribution in [2.45, 2.75) is 6.54 Å². The summed E-state index contributed by atoms with van der Waals surface area (Å²) in [4.78, 5) is 10.9. The number of amides is 1. The van der Waals surface area contributed by atoms with Gasteiger partial charge in [-0.05, 0) is 12.1 Å². The van der Waals surface area contributed by atoms with Crippen molar-refractivity contribution in [1.82, 2.24) is 0 Å². The number of rotatable bonds is 3. The number of primary amides is 1. The zero-order chi connectivity index (χ0) is 12.3. The smallest absolute Gasteiger partial charge is 0.248 e. The number of carbonyl (C=O) groups is 1. The predicted molar refractivity (Wildman–Crippen MR) is 65.7 cm³/mol. The van der Waals surface area contributed by atoms with E-state index in [4.69, 9.17) is 17.3 Å². The molecule has 0 bridgehead atoms. The Labute approximate surface area is 104 Å². The minimum absolute atomic E-state index is 0.407. The largest absolute Gasteiger partial charge is 0.366 e. The Hall–Kier alpha value is -1.87. The van der Waals surface area contributed by atoms with E-state index in [0.717, 1.165) is 12.1 Å². The molecular formula is C13H12ClN2O+. The molecule has 1 aromatic heterocycles. The van der Waals surface area contributed by atoms with Gasteiger partial charge in [0.2, 0.25) is 5.91 Å². The van der Waals surface area contributed by atoms with Crippen LogP contribution in [0.15, 0.2) is 48.8 Å². The zero-order valence-electron chi connectivity index (χ0n) is 9.14. The van der Waals surface area contributed by atoms with E-state index in [2.05, 4.69) is 0 Å². The summed E-state index contributed by atoms with van der Waals surface area (Å²) in [5, 5.41) is 0.713. The molecule has 2 rings (SSSR count). The highest BCUT2D eigenvalue weighted by molar-refractivity contribution is 6.30. The quantitative estimate of drug-likeness (QED) is 0.826. The number of pyridine rings is 1. The molecule has 0 aliphatic heterocycles. The molecule has 2 N–H and O–H groups in total. The van der Waals surface area contributed by atoms with Crippen LogP contribution in [-0.4, -0.2) is 5.91 Å². The number of halogens is 1. The first-order valence-corrected chi connectivity index (χ1v) is 5.56. The second-order valence-corrected chi connectivity index (χ2v) is 4.19. The van der Waals surface area contributed by atoms with Gasteiger partial charge in [-0.25, -0.2) is 4.57 Å². The van der Waals surface area contributed by atoms with E-state index in [1.54, 1.807) is 12.1 Å². The van der Waals surface area contributed by atoms with Crippen molar-refractivity contribution < 1.29 is 9.36 Å². The van der Waals surface area contributed by atoms with Gasteiger partial charge in [0, 0.05) is 23.3 Å². The lowest BCUT2D eigenvalue weighted by Crippen LogP contribution is -2.32. The average Bonchev–Trinajstić information content (AvgIpc) is 2.33. The molecule has 0 aliphatic rings. The fourth-order valence-electron chi connectivity index (χ4n) is 1.53. The summed E-state index contributed by atoms with van der Waals surface area (Å²) in [5.74, 6) is -0.407. The van der Waals surface area contributed by atoms with Gasteiger partial charge in [0.1, 0.15) is 0 Å². The second kappa shape index (κ2) is 4.97. The molecule has 0 fully saturated rings. The lowest BCUT2D eigenvalue weighted by molar-refractivity contribution is -0.688. The first-order valence-electron chi connectivity index (χ1n) is 5.18. The first-order chi connectivity index (χ1) is 8.15. The van der Waals surface area contributed by atoms with Crippen LogP contribution in [0.5, 0.6) is 0 Å². The Morgan fingerprint density at radius 3 is 2.24 bits per heavy atom. The molecule has 0 aliphatic carbocycles. The van der Waals surface area contributed by atoms with Gasteiger partial charge in [0.15, 0.2) is 18.9 Å². The summed E-state index contributed by atoms with van der Waals surface area (Å²) >= 11 is 5.81. The summed E-state index contributed by atoms with van der Waals surface area (Å²) in [5.41, 5.74) is 6.80. The third-order valence-corrected chi connectivity index (χ3v) is 2.71. The molecule has 0 unspecified atom stereocenters. The Morgan fingerprint density at radius 1 is 1.12 bits per heavy atom. The molecule has 2 aromatic rings. The van der Waals surface area contributed by atoms with Gasteiger partial charge in [0.05, 0.1) is 5.02 Å². The van der Waals surface area contributed by atoms with Gasteiger partial charge in [-0.15, -0.1) is 0 Å². The zero-order valence-corrected chi connectivity index (χ0v) is 9.89. The van der Waals surface area contributed by atoms with E-state index in [9.17, 15) is 4.79 Å². The molecule has 0 saturated heterocycles. The van der Waals surface area contributed by atoms with Crippen molar-refractivity contribution in [2.24, 2.45) is 5.73 Å². The van der Waals surface area contributed by atoms with Gasteiger partial charge in [-0.2, -0.15) is 0 Å². The fourth-order valence-corrected chi connectivity index (χ4v) is 1.64. The van der Waals surface area contributed by atoms with Crippen LogP contribution in [0.2, 0.25) is 5.02 Å². The highest BCUT2D eigenvalue weighted by Crippen LogP contribution is 2.05.